The Labute approximate surface area is 197 Å². The second-order valence-corrected chi connectivity index (χ2v) is 9.03. The summed E-state index contributed by atoms with van der Waals surface area (Å²) >= 11 is 1.34. The van der Waals surface area contributed by atoms with E-state index in [1.807, 2.05) is 73.0 Å². The number of hydrogen-bond donors (Lipinski definition) is 1. The van der Waals surface area contributed by atoms with Gasteiger partial charge in [-0.2, -0.15) is 0 Å². The van der Waals surface area contributed by atoms with Crippen LogP contribution in [0.5, 0.6) is 0 Å². The number of anilines is 1. The second kappa shape index (κ2) is 9.83. The van der Waals surface area contributed by atoms with Crippen molar-refractivity contribution < 1.29 is 9.59 Å². The fourth-order valence-corrected chi connectivity index (χ4v) is 4.16. The highest BCUT2D eigenvalue weighted by Gasteiger charge is 2.22. The number of aromatic nitrogens is 3. The number of hydrogen-bond acceptors (Lipinski definition) is 5. The lowest BCUT2D eigenvalue weighted by Gasteiger charge is -2.14. The maximum Gasteiger partial charge on any atom is 0.237 e. The van der Waals surface area contributed by atoms with Gasteiger partial charge in [0.25, 0.3) is 0 Å². The Morgan fingerprint density at radius 1 is 0.909 bits per heavy atom. The van der Waals surface area contributed by atoms with Crippen LogP contribution in [-0.2, 0) is 4.79 Å². The molecule has 33 heavy (non-hydrogen) atoms. The SMILES string of the molecule is CC(=O)c1ccc(NC(=O)[C@@H](C)Sc2nnc(-c3ccc(C)cc3)n2-c2ccccc2)cc1. The number of Topliss-reactive ketones (excluding diaryl/α,β-unsaturated/α-hetero) is 1. The lowest BCUT2D eigenvalue weighted by molar-refractivity contribution is -0.115. The van der Waals surface area contributed by atoms with Crippen molar-refractivity contribution >= 4 is 29.1 Å². The monoisotopic (exact) mass is 456 g/mol. The molecule has 1 amide bonds. The Kier molecular flexibility index (Phi) is 6.70. The van der Waals surface area contributed by atoms with Crippen molar-refractivity contribution in [1.82, 2.24) is 14.8 Å². The summed E-state index contributed by atoms with van der Waals surface area (Å²) in [7, 11) is 0. The van der Waals surface area contributed by atoms with E-state index in [1.54, 1.807) is 24.3 Å². The second-order valence-electron chi connectivity index (χ2n) is 7.73. The van der Waals surface area contributed by atoms with Gasteiger partial charge in [0, 0.05) is 22.5 Å². The molecule has 0 aliphatic carbocycles. The number of aryl methyl sites for hydroxylation is 1. The zero-order valence-corrected chi connectivity index (χ0v) is 19.5. The quantitative estimate of drug-likeness (QED) is 0.291. The average molecular weight is 457 g/mol. The number of nitrogens with zero attached hydrogens (tertiary/aromatic N) is 3. The van der Waals surface area contributed by atoms with Gasteiger partial charge < -0.3 is 5.32 Å². The maximum atomic E-state index is 12.8. The van der Waals surface area contributed by atoms with Crippen molar-refractivity contribution in [3.63, 3.8) is 0 Å². The predicted molar refractivity (Wildman–Crippen MR) is 132 cm³/mol. The van der Waals surface area contributed by atoms with E-state index in [0.717, 1.165) is 17.1 Å². The van der Waals surface area contributed by atoms with E-state index in [0.29, 0.717) is 16.4 Å². The summed E-state index contributed by atoms with van der Waals surface area (Å²) in [6, 6.07) is 24.9. The van der Waals surface area contributed by atoms with Crippen molar-refractivity contribution in [2.24, 2.45) is 0 Å². The van der Waals surface area contributed by atoms with Crippen molar-refractivity contribution in [2.75, 3.05) is 5.32 Å². The standard InChI is InChI=1S/C26H24N4O2S/c1-17-9-11-21(12-10-17)24-28-29-26(30(24)23-7-5-4-6-8-23)33-19(3)25(32)27-22-15-13-20(14-16-22)18(2)31/h4-16,19H,1-3H3,(H,27,32)/t19-/m1/s1. The molecule has 1 N–H and O–H groups in total. The zero-order chi connectivity index (χ0) is 23.4. The minimum Gasteiger partial charge on any atom is -0.325 e. The maximum absolute atomic E-state index is 12.8. The van der Waals surface area contributed by atoms with Crippen LogP contribution < -0.4 is 5.32 Å². The van der Waals surface area contributed by atoms with E-state index in [1.165, 1.54) is 24.2 Å². The molecule has 1 aromatic heterocycles. The summed E-state index contributed by atoms with van der Waals surface area (Å²) in [5.41, 5.74) is 4.29. The number of rotatable bonds is 7. The first-order chi connectivity index (χ1) is 15.9. The first-order valence-electron chi connectivity index (χ1n) is 10.6. The summed E-state index contributed by atoms with van der Waals surface area (Å²) in [6.45, 7) is 5.39. The van der Waals surface area contributed by atoms with Crippen molar-refractivity contribution in [1.29, 1.82) is 0 Å². The summed E-state index contributed by atoms with van der Waals surface area (Å²) in [6.07, 6.45) is 0. The van der Waals surface area contributed by atoms with Gasteiger partial charge in [0.05, 0.1) is 5.25 Å². The Balaban J connectivity index is 1.58. The minimum atomic E-state index is -0.421. The lowest BCUT2D eigenvalue weighted by Crippen LogP contribution is -2.23. The third kappa shape index (κ3) is 5.21. The molecule has 1 heterocycles. The summed E-state index contributed by atoms with van der Waals surface area (Å²) < 4.78 is 1.97. The van der Waals surface area contributed by atoms with Gasteiger partial charge in [-0.3, -0.25) is 14.2 Å². The Hall–Kier alpha value is -3.71. The topological polar surface area (TPSA) is 76.9 Å². The van der Waals surface area contributed by atoms with Gasteiger partial charge in [-0.25, -0.2) is 0 Å². The molecular weight excluding hydrogens is 432 g/mol. The number of carbonyl (C=O) groups is 2. The van der Waals surface area contributed by atoms with E-state index in [4.69, 9.17) is 0 Å². The summed E-state index contributed by atoms with van der Waals surface area (Å²) in [5.74, 6) is 0.549. The van der Waals surface area contributed by atoms with E-state index in [-0.39, 0.29) is 11.7 Å². The summed E-state index contributed by atoms with van der Waals surface area (Å²) in [5, 5.41) is 12.0. The van der Waals surface area contributed by atoms with Crippen LogP contribution in [0.15, 0.2) is 84.0 Å². The molecule has 7 heteroatoms. The molecule has 3 aromatic carbocycles. The lowest BCUT2D eigenvalue weighted by atomic mass is 10.1. The third-order valence-corrected chi connectivity index (χ3v) is 6.21. The molecule has 1 atom stereocenters. The van der Waals surface area contributed by atoms with Gasteiger partial charge in [-0.1, -0.05) is 59.8 Å². The number of amides is 1. The molecule has 0 radical (unpaired) electrons. The largest absolute Gasteiger partial charge is 0.325 e. The van der Waals surface area contributed by atoms with E-state index in [2.05, 4.69) is 15.5 Å². The molecule has 166 valence electrons. The van der Waals surface area contributed by atoms with Crippen LogP contribution >= 0.6 is 11.8 Å². The first kappa shape index (κ1) is 22.5. The molecule has 0 saturated heterocycles. The van der Waals surface area contributed by atoms with Gasteiger partial charge in [0.1, 0.15) is 0 Å². The Morgan fingerprint density at radius 3 is 2.21 bits per heavy atom. The average Bonchev–Trinajstić information content (AvgIpc) is 3.23. The third-order valence-electron chi connectivity index (χ3n) is 5.17. The molecule has 0 fully saturated rings. The molecule has 6 nitrogen and oxygen atoms in total. The Bertz CT molecular complexity index is 1270. The van der Waals surface area contributed by atoms with Crippen LogP contribution in [-0.4, -0.2) is 31.7 Å². The van der Waals surface area contributed by atoms with Crippen molar-refractivity contribution in [2.45, 2.75) is 31.2 Å². The number of carbonyl (C=O) groups excluding carboxylic acids is 2. The number of benzene rings is 3. The van der Waals surface area contributed by atoms with Crippen LogP contribution in [0.4, 0.5) is 5.69 Å². The zero-order valence-electron chi connectivity index (χ0n) is 18.6. The van der Waals surface area contributed by atoms with Crippen LogP contribution in [0.3, 0.4) is 0 Å². The number of thioether (sulfide) groups is 1. The molecule has 0 saturated carbocycles. The first-order valence-corrected chi connectivity index (χ1v) is 11.5. The van der Waals surface area contributed by atoms with Gasteiger partial charge >= 0.3 is 0 Å². The van der Waals surface area contributed by atoms with Gasteiger partial charge in [-0.05, 0) is 57.2 Å². The predicted octanol–water partition coefficient (Wildman–Crippen LogP) is 5.56. The van der Waals surface area contributed by atoms with Gasteiger partial charge in [0.2, 0.25) is 5.91 Å². The van der Waals surface area contributed by atoms with Crippen molar-refractivity contribution in [3.8, 4) is 17.1 Å². The molecule has 0 spiro atoms. The molecular formula is C26H24N4O2S. The van der Waals surface area contributed by atoms with Crippen LogP contribution in [0.1, 0.15) is 29.8 Å². The smallest absolute Gasteiger partial charge is 0.237 e. The van der Waals surface area contributed by atoms with Crippen molar-refractivity contribution in [3.05, 3.63) is 90.0 Å². The van der Waals surface area contributed by atoms with Crippen LogP contribution in [0.2, 0.25) is 0 Å². The molecule has 4 rings (SSSR count). The van der Waals surface area contributed by atoms with Gasteiger partial charge in [0.15, 0.2) is 16.8 Å². The van der Waals surface area contributed by atoms with E-state index < -0.39 is 5.25 Å². The number of ketones is 1. The number of para-hydroxylation sites is 1. The van der Waals surface area contributed by atoms with Crippen LogP contribution in [0.25, 0.3) is 17.1 Å². The highest BCUT2D eigenvalue weighted by molar-refractivity contribution is 8.00. The fourth-order valence-electron chi connectivity index (χ4n) is 3.29. The summed E-state index contributed by atoms with van der Waals surface area (Å²) in [4.78, 5) is 24.3. The molecule has 0 aliphatic heterocycles. The normalized spacial score (nSPS) is 11.7. The Morgan fingerprint density at radius 2 is 1.58 bits per heavy atom. The molecule has 0 unspecified atom stereocenters. The fraction of sp³-hybridized carbons (Fsp3) is 0.154. The highest BCUT2D eigenvalue weighted by Crippen LogP contribution is 2.30. The number of nitrogens with one attached hydrogen (secondary N) is 1. The highest BCUT2D eigenvalue weighted by atomic mass is 32.2. The molecule has 0 aliphatic rings. The molecule has 0 bridgehead atoms. The minimum absolute atomic E-state index is 0.0126. The molecule has 4 aromatic rings. The van der Waals surface area contributed by atoms with Crippen LogP contribution in [0, 0.1) is 6.92 Å². The van der Waals surface area contributed by atoms with E-state index in [9.17, 15) is 9.59 Å². The van der Waals surface area contributed by atoms with Gasteiger partial charge in [-0.15, -0.1) is 10.2 Å². The van der Waals surface area contributed by atoms with E-state index >= 15 is 0 Å².